The number of rotatable bonds is 6. The fourth-order valence-electron chi connectivity index (χ4n) is 1.52. The number of nitrogens with zero attached hydrogens (tertiary/aromatic N) is 1. The maximum Gasteiger partial charge on any atom is 0.253 e. The van der Waals surface area contributed by atoms with Crippen molar-refractivity contribution in [3.8, 4) is 11.5 Å². The van der Waals surface area contributed by atoms with Crippen molar-refractivity contribution in [2.24, 2.45) is 5.73 Å². The summed E-state index contributed by atoms with van der Waals surface area (Å²) in [5, 5.41) is 0. The van der Waals surface area contributed by atoms with E-state index in [9.17, 15) is 4.79 Å². The second kappa shape index (κ2) is 7.88. The molecule has 0 spiro atoms. The van der Waals surface area contributed by atoms with Gasteiger partial charge in [0.15, 0.2) is 11.5 Å². The fourth-order valence-corrected chi connectivity index (χ4v) is 1.76. The molecule has 0 aliphatic heterocycles. The second-order valence-electron chi connectivity index (χ2n) is 4.38. The van der Waals surface area contributed by atoms with Crippen molar-refractivity contribution < 1.29 is 14.3 Å². The van der Waals surface area contributed by atoms with Gasteiger partial charge in [-0.3, -0.25) is 4.79 Å². The molecule has 1 atom stereocenters. The number of amides is 1. The summed E-state index contributed by atoms with van der Waals surface area (Å²) in [6.07, 6.45) is 0. The Kier molecular flexibility index (Phi) is 6.49. The molecule has 20 heavy (non-hydrogen) atoms. The predicted molar refractivity (Wildman–Crippen MR) is 83.4 cm³/mol. The number of hydrogen-bond donors (Lipinski definition) is 1. The summed E-state index contributed by atoms with van der Waals surface area (Å²) in [5.41, 5.74) is 7.09. The van der Waals surface area contributed by atoms with Crippen molar-refractivity contribution in [3.05, 3.63) is 35.2 Å². The molecule has 1 amide bonds. The van der Waals surface area contributed by atoms with E-state index in [1.54, 1.807) is 39.4 Å². The van der Waals surface area contributed by atoms with Gasteiger partial charge < -0.3 is 20.1 Å². The minimum Gasteiger partial charge on any atom is -0.493 e. The molecule has 0 heterocycles. The SMILES string of the molecule is COc1cc(C(=O)N(C)C)ccc1OC/C(=C\P)CN. The molecule has 0 aromatic heterocycles. The standard InChI is InChI=1S/C14H21N2O3P/c1-16(2)14(17)11-4-5-12(13(6-11)18-3)19-8-10(7-15)9-20/h4-6,9H,7-8,15,20H2,1-3H3/b10-9-. The molecule has 0 bridgehead atoms. The summed E-state index contributed by atoms with van der Waals surface area (Å²) in [5.74, 6) is 2.87. The van der Waals surface area contributed by atoms with Crippen molar-refractivity contribution in [2.45, 2.75) is 0 Å². The Labute approximate surface area is 121 Å². The Hall–Kier alpha value is -1.58. The number of carbonyl (C=O) groups is 1. The lowest BCUT2D eigenvalue weighted by Gasteiger charge is -2.14. The Morgan fingerprint density at radius 1 is 1.40 bits per heavy atom. The first-order valence-corrected chi connectivity index (χ1v) is 6.82. The van der Waals surface area contributed by atoms with Crippen LogP contribution in [0.3, 0.4) is 0 Å². The molecular formula is C14H21N2O3P. The molecular weight excluding hydrogens is 275 g/mol. The first-order chi connectivity index (χ1) is 9.53. The van der Waals surface area contributed by atoms with Crippen molar-refractivity contribution >= 4 is 15.1 Å². The number of benzene rings is 1. The van der Waals surface area contributed by atoms with Gasteiger partial charge in [0.05, 0.1) is 7.11 Å². The van der Waals surface area contributed by atoms with Crippen LogP contribution in [-0.2, 0) is 0 Å². The number of methoxy groups -OCH3 is 1. The van der Waals surface area contributed by atoms with Gasteiger partial charge in [-0.15, -0.1) is 9.24 Å². The van der Waals surface area contributed by atoms with Gasteiger partial charge >= 0.3 is 0 Å². The number of nitrogens with two attached hydrogens (primary N) is 1. The normalized spacial score (nSPS) is 11.2. The molecule has 0 saturated heterocycles. The minimum absolute atomic E-state index is 0.0812. The van der Waals surface area contributed by atoms with Crippen LogP contribution in [0.15, 0.2) is 29.6 Å². The first-order valence-electron chi connectivity index (χ1n) is 6.15. The maximum absolute atomic E-state index is 11.9. The Bertz CT molecular complexity index is 501. The Balaban J connectivity index is 2.91. The van der Waals surface area contributed by atoms with Gasteiger partial charge in [0.2, 0.25) is 0 Å². The van der Waals surface area contributed by atoms with Crippen molar-refractivity contribution in [1.82, 2.24) is 4.90 Å². The lowest BCUT2D eigenvalue weighted by Crippen LogP contribution is -2.21. The predicted octanol–water partition coefficient (Wildman–Crippen LogP) is 1.49. The Morgan fingerprint density at radius 3 is 2.60 bits per heavy atom. The van der Waals surface area contributed by atoms with Crippen LogP contribution < -0.4 is 15.2 Å². The van der Waals surface area contributed by atoms with Crippen LogP contribution in [0.4, 0.5) is 0 Å². The van der Waals surface area contributed by atoms with E-state index in [0.29, 0.717) is 30.2 Å². The highest BCUT2D eigenvalue weighted by Gasteiger charge is 2.12. The van der Waals surface area contributed by atoms with Gasteiger partial charge in [0, 0.05) is 26.2 Å². The average molecular weight is 296 g/mol. The molecule has 6 heteroatoms. The topological polar surface area (TPSA) is 64.8 Å². The zero-order chi connectivity index (χ0) is 15.1. The number of carbonyl (C=O) groups excluding carboxylic acids is 1. The van der Waals surface area contributed by atoms with E-state index in [1.165, 1.54) is 4.90 Å². The lowest BCUT2D eigenvalue weighted by molar-refractivity contribution is 0.0827. The van der Waals surface area contributed by atoms with E-state index in [2.05, 4.69) is 9.24 Å². The minimum atomic E-state index is -0.0812. The summed E-state index contributed by atoms with van der Waals surface area (Å²) >= 11 is 0. The van der Waals surface area contributed by atoms with E-state index >= 15 is 0 Å². The van der Waals surface area contributed by atoms with Crippen LogP contribution in [0.1, 0.15) is 10.4 Å². The highest BCUT2D eigenvalue weighted by molar-refractivity contribution is 7.20. The number of hydrogen-bond acceptors (Lipinski definition) is 4. The monoisotopic (exact) mass is 296 g/mol. The average Bonchev–Trinajstić information content (AvgIpc) is 2.47. The van der Waals surface area contributed by atoms with Crippen molar-refractivity contribution in [2.75, 3.05) is 34.4 Å². The maximum atomic E-state index is 11.9. The van der Waals surface area contributed by atoms with Crippen LogP contribution in [0.25, 0.3) is 0 Å². The molecule has 0 fully saturated rings. The van der Waals surface area contributed by atoms with E-state index < -0.39 is 0 Å². The van der Waals surface area contributed by atoms with Crippen molar-refractivity contribution in [3.63, 3.8) is 0 Å². The van der Waals surface area contributed by atoms with Gasteiger partial charge in [-0.05, 0) is 23.8 Å². The number of ether oxygens (including phenoxy) is 2. The first kappa shape index (κ1) is 16.5. The van der Waals surface area contributed by atoms with Crippen molar-refractivity contribution in [1.29, 1.82) is 0 Å². The smallest absolute Gasteiger partial charge is 0.253 e. The third-order valence-corrected chi connectivity index (χ3v) is 3.20. The molecule has 1 rings (SSSR count). The van der Waals surface area contributed by atoms with Crippen LogP contribution in [0.5, 0.6) is 11.5 Å². The van der Waals surface area contributed by atoms with E-state index in [1.807, 2.05) is 5.82 Å². The largest absolute Gasteiger partial charge is 0.493 e. The second-order valence-corrected chi connectivity index (χ2v) is 4.72. The molecule has 0 aliphatic carbocycles. The van der Waals surface area contributed by atoms with Gasteiger partial charge in [-0.25, -0.2) is 0 Å². The van der Waals surface area contributed by atoms with Crippen LogP contribution >= 0.6 is 9.24 Å². The van der Waals surface area contributed by atoms with E-state index in [4.69, 9.17) is 15.2 Å². The van der Waals surface area contributed by atoms with E-state index in [0.717, 1.165) is 5.57 Å². The summed E-state index contributed by atoms with van der Waals surface area (Å²) < 4.78 is 10.9. The molecule has 2 N–H and O–H groups in total. The molecule has 0 saturated carbocycles. The highest BCUT2D eigenvalue weighted by atomic mass is 31.0. The van der Waals surface area contributed by atoms with Gasteiger partial charge in [-0.2, -0.15) is 0 Å². The summed E-state index contributed by atoms with van der Waals surface area (Å²) in [7, 11) is 7.45. The van der Waals surface area contributed by atoms with Crippen LogP contribution in [-0.4, -0.2) is 45.2 Å². The third kappa shape index (κ3) is 4.22. The van der Waals surface area contributed by atoms with Gasteiger partial charge in [0.25, 0.3) is 5.91 Å². The molecule has 1 aromatic carbocycles. The quantitative estimate of drug-likeness (QED) is 0.808. The van der Waals surface area contributed by atoms with Gasteiger partial charge in [0.1, 0.15) is 6.61 Å². The van der Waals surface area contributed by atoms with Crippen LogP contribution in [0.2, 0.25) is 0 Å². The molecule has 0 radical (unpaired) electrons. The molecule has 110 valence electrons. The zero-order valence-electron chi connectivity index (χ0n) is 12.1. The summed E-state index contributed by atoms with van der Waals surface area (Å²) in [4.78, 5) is 13.4. The Morgan fingerprint density at radius 2 is 2.10 bits per heavy atom. The fraction of sp³-hybridized carbons (Fsp3) is 0.357. The highest BCUT2D eigenvalue weighted by Crippen LogP contribution is 2.28. The van der Waals surface area contributed by atoms with Gasteiger partial charge in [-0.1, -0.05) is 5.82 Å². The van der Waals surface area contributed by atoms with Crippen LogP contribution in [0, 0.1) is 0 Å². The molecule has 1 unspecified atom stereocenters. The van der Waals surface area contributed by atoms with E-state index in [-0.39, 0.29) is 5.91 Å². The molecule has 0 aliphatic rings. The summed E-state index contributed by atoms with van der Waals surface area (Å²) in [6, 6.07) is 5.11. The zero-order valence-corrected chi connectivity index (χ0v) is 13.2. The third-order valence-electron chi connectivity index (χ3n) is 2.73. The lowest BCUT2D eigenvalue weighted by atomic mass is 10.2. The molecule has 5 nitrogen and oxygen atoms in total. The molecule has 1 aromatic rings. The summed E-state index contributed by atoms with van der Waals surface area (Å²) in [6.45, 7) is 0.820.